The van der Waals surface area contributed by atoms with Crippen LogP contribution in [0.2, 0.25) is 0 Å². The number of aromatic nitrogens is 1. The first-order valence-corrected chi connectivity index (χ1v) is 7.63. The third-order valence-electron chi connectivity index (χ3n) is 3.47. The van der Waals surface area contributed by atoms with Crippen LogP contribution in [-0.4, -0.2) is 11.0 Å². The zero-order chi connectivity index (χ0) is 13.2. The minimum absolute atomic E-state index is 0.0216. The molecule has 0 spiro atoms. The minimum atomic E-state index is 0.0216. The first-order valence-electron chi connectivity index (χ1n) is 6.75. The molecule has 19 heavy (non-hydrogen) atoms. The molecule has 1 atom stereocenters. The predicted molar refractivity (Wildman–Crippen MR) is 80.4 cm³/mol. The summed E-state index contributed by atoms with van der Waals surface area (Å²) in [5.74, 6) is 1.06. The molecule has 0 aromatic carbocycles. The highest BCUT2D eigenvalue weighted by atomic mass is 32.1. The molecule has 3 nitrogen and oxygen atoms in total. The molecule has 0 bridgehead atoms. The highest BCUT2D eigenvalue weighted by Crippen LogP contribution is 2.35. The second kappa shape index (κ2) is 5.31. The van der Waals surface area contributed by atoms with Crippen molar-refractivity contribution in [1.29, 1.82) is 0 Å². The van der Waals surface area contributed by atoms with E-state index in [4.69, 9.17) is 5.73 Å². The second-order valence-electron chi connectivity index (χ2n) is 5.14. The van der Waals surface area contributed by atoms with Gasteiger partial charge >= 0.3 is 0 Å². The fourth-order valence-corrected chi connectivity index (χ4v) is 3.04. The third kappa shape index (κ3) is 2.80. The van der Waals surface area contributed by atoms with E-state index in [9.17, 15) is 0 Å². The molecule has 2 aromatic heterocycles. The first kappa shape index (κ1) is 12.6. The van der Waals surface area contributed by atoms with E-state index < -0.39 is 0 Å². The molecule has 100 valence electrons. The van der Waals surface area contributed by atoms with Crippen LogP contribution in [0.4, 0.5) is 5.82 Å². The Labute approximate surface area is 118 Å². The van der Waals surface area contributed by atoms with Crippen LogP contribution < -0.4 is 10.6 Å². The van der Waals surface area contributed by atoms with Gasteiger partial charge in [0.15, 0.2) is 0 Å². The van der Waals surface area contributed by atoms with Crippen LogP contribution in [0.25, 0.3) is 0 Å². The average Bonchev–Trinajstić information content (AvgIpc) is 3.13. The van der Waals surface area contributed by atoms with Crippen molar-refractivity contribution in [3.05, 3.63) is 46.3 Å². The maximum absolute atomic E-state index is 6.08. The zero-order valence-electron chi connectivity index (χ0n) is 11.1. The molecule has 0 amide bonds. The Balaban J connectivity index is 1.92. The van der Waals surface area contributed by atoms with Crippen LogP contribution in [0.15, 0.2) is 35.8 Å². The number of hydrogen-bond donors (Lipinski definition) is 1. The quantitative estimate of drug-likeness (QED) is 0.908. The Morgan fingerprint density at radius 2 is 2.26 bits per heavy atom. The van der Waals surface area contributed by atoms with Crippen molar-refractivity contribution in [2.75, 3.05) is 4.90 Å². The van der Waals surface area contributed by atoms with Crippen molar-refractivity contribution in [3.63, 3.8) is 0 Å². The molecule has 1 fully saturated rings. The number of rotatable bonds is 5. The summed E-state index contributed by atoms with van der Waals surface area (Å²) in [6, 6.07) is 9.02. The number of hydrogen-bond acceptors (Lipinski definition) is 4. The molecule has 3 rings (SSSR count). The highest BCUT2D eigenvalue weighted by molar-refractivity contribution is 7.09. The lowest BCUT2D eigenvalue weighted by atomic mass is 10.1. The van der Waals surface area contributed by atoms with Crippen molar-refractivity contribution < 1.29 is 0 Å². The minimum Gasteiger partial charge on any atom is -0.348 e. The van der Waals surface area contributed by atoms with E-state index >= 15 is 0 Å². The largest absolute Gasteiger partial charge is 0.348 e. The summed E-state index contributed by atoms with van der Waals surface area (Å²) in [5.41, 5.74) is 7.23. The van der Waals surface area contributed by atoms with Crippen molar-refractivity contribution in [2.24, 2.45) is 5.73 Å². The first-order chi connectivity index (χ1) is 9.25. The van der Waals surface area contributed by atoms with Crippen molar-refractivity contribution >= 4 is 17.2 Å². The van der Waals surface area contributed by atoms with E-state index in [1.54, 1.807) is 11.3 Å². The van der Waals surface area contributed by atoms with E-state index in [0.717, 1.165) is 17.9 Å². The van der Waals surface area contributed by atoms with Crippen molar-refractivity contribution in [2.45, 2.75) is 38.4 Å². The Hall–Kier alpha value is -1.39. The fourth-order valence-electron chi connectivity index (χ4n) is 2.34. The Morgan fingerprint density at radius 1 is 1.42 bits per heavy atom. The molecule has 2 heterocycles. The van der Waals surface area contributed by atoms with Gasteiger partial charge in [-0.15, -0.1) is 11.3 Å². The molecular formula is C15H19N3S. The molecule has 4 heteroatoms. The van der Waals surface area contributed by atoms with Gasteiger partial charge in [0.1, 0.15) is 5.82 Å². The molecule has 0 saturated heterocycles. The SMILES string of the molecule is C[C@H](N)c1cccnc1N(Cc1cccs1)C1CC1. The molecule has 1 aliphatic carbocycles. The lowest BCUT2D eigenvalue weighted by Gasteiger charge is -2.26. The normalized spacial score (nSPS) is 16.3. The van der Waals surface area contributed by atoms with Gasteiger partial charge in [0, 0.05) is 28.7 Å². The molecule has 1 saturated carbocycles. The highest BCUT2D eigenvalue weighted by Gasteiger charge is 2.31. The van der Waals surface area contributed by atoms with E-state index in [0.29, 0.717) is 6.04 Å². The summed E-state index contributed by atoms with van der Waals surface area (Å²) in [6.45, 7) is 2.97. The second-order valence-corrected chi connectivity index (χ2v) is 6.18. The fraction of sp³-hybridized carbons (Fsp3) is 0.400. The molecule has 1 aliphatic rings. The van der Waals surface area contributed by atoms with Crippen LogP contribution in [0.5, 0.6) is 0 Å². The van der Waals surface area contributed by atoms with Crippen LogP contribution in [0.1, 0.15) is 36.2 Å². The number of anilines is 1. The van der Waals surface area contributed by atoms with Gasteiger partial charge in [-0.25, -0.2) is 4.98 Å². The van der Waals surface area contributed by atoms with E-state index in [-0.39, 0.29) is 6.04 Å². The number of nitrogens with two attached hydrogens (primary N) is 1. The lowest BCUT2D eigenvalue weighted by molar-refractivity contribution is 0.746. The standard InChI is InChI=1S/C15H19N3S/c1-11(16)14-5-2-8-17-15(14)18(12-6-7-12)10-13-4-3-9-19-13/h2-5,8-9,11-12H,6-7,10,16H2,1H3/t11-/m0/s1. The molecular weight excluding hydrogens is 254 g/mol. The van der Waals surface area contributed by atoms with Gasteiger partial charge in [0.25, 0.3) is 0 Å². The lowest BCUT2D eigenvalue weighted by Crippen LogP contribution is -2.27. The van der Waals surface area contributed by atoms with E-state index in [1.165, 1.54) is 17.7 Å². The molecule has 0 radical (unpaired) electrons. The van der Waals surface area contributed by atoms with Crippen LogP contribution in [-0.2, 0) is 6.54 Å². The van der Waals surface area contributed by atoms with Crippen molar-refractivity contribution in [3.8, 4) is 0 Å². The molecule has 2 aromatic rings. The summed E-state index contributed by atoms with van der Waals surface area (Å²) < 4.78 is 0. The predicted octanol–water partition coefficient (Wildman–Crippen LogP) is 3.33. The Morgan fingerprint density at radius 3 is 2.89 bits per heavy atom. The summed E-state index contributed by atoms with van der Waals surface area (Å²) in [4.78, 5) is 8.40. The summed E-state index contributed by atoms with van der Waals surface area (Å²) >= 11 is 1.80. The van der Waals surface area contributed by atoms with Crippen molar-refractivity contribution in [1.82, 2.24) is 4.98 Å². The summed E-state index contributed by atoms with van der Waals surface area (Å²) in [7, 11) is 0. The third-order valence-corrected chi connectivity index (χ3v) is 4.33. The summed E-state index contributed by atoms with van der Waals surface area (Å²) in [6.07, 6.45) is 4.39. The molecule has 2 N–H and O–H groups in total. The van der Waals surface area contributed by atoms with Crippen LogP contribution >= 0.6 is 11.3 Å². The number of thiophene rings is 1. The average molecular weight is 273 g/mol. The van der Waals surface area contributed by atoms with Gasteiger partial charge in [0.2, 0.25) is 0 Å². The van der Waals surface area contributed by atoms with Gasteiger partial charge in [-0.2, -0.15) is 0 Å². The number of nitrogens with zero attached hydrogens (tertiary/aromatic N) is 2. The van der Waals surface area contributed by atoms with Gasteiger partial charge in [-0.3, -0.25) is 0 Å². The van der Waals surface area contributed by atoms with Crippen LogP contribution in [0, 0.1) is 0 Å². The smallest absolute Gasteiger partial charge is 0.133 e. The van der Waals surface area contributed by atoms with Gasteiger partial charge in [-0.1, -0.05) is 12.1 Å². The van der Waals surface area contributed by atoms with Gasteiger partial charge < -0.3 is 10.6 Å². The van der Waals surface area contributed by atoms with Gasteiger partial charge in [0.05, 0.1) is 6.54 Å². The van der Waals surface area contributed by atoms with E-state index in [1.807, 2.05) is 19.2 Å². The maximum atomic E-state index is 6.08. The van der Waals surface area contributed by atoms with E-state index in [2.05, 4.69) is 33.5 Å². The summed E-state index contributed by atoms with van der Waals surface area (Å²) in [5, 5.41) is 2.13. The topological polar surface area (TPSA) is 42.1 Å². The Kier molecular flexibility index (Phi) is 3.53. The number of pyridine rings is 1. The van der Waals surface area contributed by atoms with Gasteiger partial charge in [-0.05, 0) is 37.3 Å². The zero-order valence-corrected chi connectivity index (χ0v) is 11.9. The van der Waals surface area contributed by atoms with Crippen LogP contribution in [0.3, 0.4) is 0 Å². The molecule has 0 aliphatic heterocycles. The molecule has 0 unspecified atom stereocenters. The maximum Gasteiger partial charge on any atom is 0.133 e. The Bertz CT molecular complexity index is 532. The monoisotopic (exact) mass is 273 g/mol.